The number of hydrogen-bond donors (Lipinski definition) is 0. The van der Waals surface area contributed by atoms with Crippen molar-refractivity contribution < 1.29 is 18.9 Å². The van der Waals surface area contributed by atoms with Crippen molar-refractivity contribution in [2.45, 2.75) is 130 Å². The monoisotopic (exact) mass is 1060 g/mol. The molecule has 2 aromatic heterocycles. The molecule has 9 aromatic carbocycles. The third-order valence-electron chi connectivity index (χ3n) is 16.9. The maximum atomic E-state index is 14.6. The van der Waals surface area contributed by atoms with Crippen LogP contribution < -0.4 is 31.7 Å². The molecule has 13 rings (SSSR count). The smallest absolute Gasteiger partial charge is 0.266 e. The maximum absolute atomic E-state index is 14.6. The summed E-state index contributed by atoms with van der Waals surface area (Å²) in [7, 11) is 0. The van der Waals surface area contributed by atoms with Crippen molar-refractivity contribution in [2.75, 3.05) is 13.2 Å². The summed E-state index contributed by atoms with van der Waals surface area (Å²) in [5.74, 6) is 1.41. The Balaban J connectivity index is 0.879. The first-order valence-electron chi connectivity index (χ1n) is 28.7. The minimum Gasteiger partial charge on any atom is -0.465 e. The van der Waals surface area contributed by atoms with Gasteiger partial charge in [-0.25, -0.2) is 9.13 Å². The Morgan fingerprint density at radius 2 is 0.600 bits per heavy atom. The normalized spacial score (nSPS) is 16.4. The third-order valence-corrected chi connectivity index (χ3v) is 16.9. The molecule has 0 amide bonds. The summed E-state index contributed by atoms with van der Waals surface area (Å²) >= 11 is 0. The lowest BCUT2D eigenvalue weighted by Gasteiger charge is -2.26. The van der Waals surface area contributed by atoms with Gasteiger partial charge in [-0.3, -0.25) is 19.2 Å². The van der Waals surface area contributed by atoms with Gasteiger partial charge in [0.05, 0.1) is 46.1 Å². The Bertz CT molecular complexity index is 4060. The molecule has 10 nitrogen and oxygen atoms in total. The van der Waals surface area contributed by atoms with E-state index in [1.807, 2.05) is 48.5 Å². The Kier molecular flexibility index (Phi) is 12.9. The lowest BCUT2D eigenvalue weighted by atomic mass is 9.92. The van der Waals surface area contributed by atoms with E-state index < -0.39 is 0 Å². The Labute approximate surface area is 463 Å². The minimum atomic E-state index is -0.320. The predicted molar refractivity (Wildman–Crippen MR) is 326 cm³/mol. The molecule has 0 radical (unpaired) electrons. The van der Waals surface area contributed by atoms with Gasteiger partial charge in [-0.05, 0) is 233 Å². The van der Waals surface area contributed by atoms with Crippen molar-refractivity contribution in [3.05, 3.63) is 185 Å². The van der Waals surface area contributed by atoms with Gasteiger partial charge in [0.25, 0.3) is 22.2 Å². The summed E-state index contributed by atoms with van der Waals surface area (Å²) in [6, 6.07) is 41.3. The molecule has 10 heteroatoms. The van der Waals surface area contributed by atoms with Crippen LogP contribution >= 0.6 is 0 Å². The van der Waals surface area contributed by atoms with E-state index in [4.69, 9.17) is 18.9 Å². The molecular formula is C70H66N2O8. The second-order valence-corrected chi connectivity index (χ2v) is 23.8. The average molecular weight is 1060 g/mol. The summed E-state index contributed by atoms with van der Waals surface area (Å²) < 4.78 is 27.4. The van der Waals surface area contributed by atoms with Crippen molar-refractivity contribution in [3.63, 3.8) is 0 Å². The molecule has 0 aliphatic carbocycles. The van der Waals surface area contributed by atoms with Crippen LogP contribution in [0, 0.1) is 0 Å². The van der Waals surface area contributed by atoms with Gasteiger partial charge in [-0.2, -0.15) is 0 Å². The molecule has 0 bridgehead atoms. The van der Waals surface area contributed by atoms with Crippen molar-refractivity contribution in [2.24, 2.45) is 0 Å². The van der Waals surface area contributed by atoms with Gasteiger partial charge in [-0.15, -0.1) is 0 Å². The zero-order valence-corrected chi connectivity index (χ0v) is 46.8. The average Bonchev–Trinajstić information content (AvgIpc) is 3.88. The van der Waals surface area contributed by atoms with E-state index >= 15 is 0 Å². The van der Waals surface area contributed by atoms with Crippen molar-refractivity contribution >= 4 is 86.2 Å². The molecule has 0 saturated carbocycles. The SMILES string of the molecule is CC(C)c1cc(OC2CCCCO2)cc(C(C)C)c1-n1c(=O)c2cc3cc4cc5ccc6cc7cc8cc9c(=O)n(-c%10c(C(C)C)cc(OC%11CCCCO%11)cc%10C(C)C)c(=O)c9cc8cc7cc6ccc5cc4cc3cc2c1=O. The Morgan fingerprint density at radius 1 is 0.350 bits per heavy atom. The number of rotatable bonds is 10. The molecule has 2 unspecified atom stereocenters. The van der Waals surface area contributed by atoms with E-state index in [-0.39, 0.29) is 58.5 Å². The molecular weight excluding hydrogens is 997 g/mol. The molecule has 80 heavy (non-hydrogen) atoms. The molecule has 4 heterocycles. The largest absolute Gasteiger partial charge is 0.465 e. The molecule has 11 aromatic rings. The summed E-state index contributed by atoms with van der Waals surface area (Å²) in [5, 5.41) is 13.4. The first kappa shape index (κ1) is 51.5. The number of aromatic nitrogens is 2. The van der Waals surface area contributed by atoms with Gasteiger partial charge in [-0.1, -0.05) is 79.7 Å². The molecule has 2 atom stereocenters. The molecule has 0 spiro atoms. The van der Waals surface area contributed by atoms with Crippen LogP contribution in [-0.2, 0) is 9.47 Å². The van der Waals surface area contributed by atoms with Gasteiger partial charge >= 0.3 is 0 Å². The number of hydrogen-bond acceptors (Lipinski definition) is 8. The van der Waals surface area contributed by atoms with Gasteiger partial charge in [0.15, 0.2) is 12.6 Å². The van der Waals surface area contributed by atoms with Crippen LogP contribution in [0.15, 0.2) is 141 Å². The fraction of sp³-hybridized carbons (Fsp3) is 0.314. The second-order valence-electron chi connectivity index (χ2n) is 23.8. The third kappa shape index (κ3) is 8.88. The predicted octanol–water partition coefficient (Wildman–Crippen LogP) is 15.7. The Hall–Kier alpha value is -7.92. The van der Waals surface area contributed by atoms with Crippen LogP contribution in [0.1, 0.15) is 140 Å². The van der Waals surface area contributed by atoms with E-state index in [9.17, 15) is 19.2 Å². The molecule has 2 saturated heterocycles. The molecule has 404 valence electrons. The molecule has 2 fully saturated rings. The van der Waals surface area contributed by atoms with E-state index in [1.165, 1.54) is 9.13 Å². The molecule has 0 N–H and O–H groups in total. The Morgan fingerprint density at radius 3 is 0.838 bits per heavy atom. The van der Waals surface area contributed by atoms with Crippen LogP contribution in [0.3, 0.4) is 0 Å². The zero-order chi connectivity index (χ0) is 55.4. The summed E-state index contributed by atoms with van der Waals surface area (Å²) in [6.45, 7) is 18.0. The summed E-state index contributed by atoms with van der Waals surface area (Å²) in [5.41, 5.74) is 3.55. The fourth-order valence-corrected chi connectivity index (χ4v) is 12.6. The standard InChI is InChI=1S/C70H66N2O8/c1-37(2)55-33-53(79-63-13-9-11-19-77-63)34-56(38(3)4)65(55)71-67(73)59-29-49-25-45-21-41-15-17-43-23-47-27-51-31-61-62(32-52(51)28-48(47)24-44(43)18-16-42(41)22-46(45)26-50(49)30-60(59)68(71)74)70(76)72(69(61)75)66-57(39(5)6)35-54(36-58(66)40(7)8)80-64-14-10-12-20-78-64/h15-18,21-40,63-64H,9-14,19-20H2,1-8H3. The van der Waals surface area contributed by atoms with Crippen molar-refractivity contribution in [1.29, 1.82) is 0 Å². The lowest BCUT2D eigenvalue weighted by Crippen LogP contribution is -2.27. The second kappa shape index (κ2) is 20.0. The van der Waals surface area contributed by atoms with E-state index in [0.717, 1.165) is 125 Å². The maximum Gasteiger partial charge on any atom is 0.266 e. The van der Waals surface area contributed by atoms with Crippen LogP contribution in [-0.4, -0.2) is 34.9 Å². The number of fused-ring (bicyclic) bond motifs is 8. The zero-order valence-electron chi connectivity index (χ0n) is 46.8. The fourth-order valence-electron chi connectivity index (χ4n) is 12.6. The highest BCUT2D eigenvalue weighted by Crippen LogP contribution is 2.39. The minimum absolute atomic E-state index is 0.00692. The van der Waals surface area contributed by atoms with Crippen molar-refractivity contribution in [3.8, 4) is 22.9 Å². The molecule has 2 aliphatic heterocycles. The number of ether oxygens (including phenoxy) is 4. The van der Waals surface area contributed by atoms with Gasteiger partial charge < -0.3 is 18.9 Å². The van der Waals surface area contributed by atoms with Crippen LogP contribution in [0.5, 0.6) is 11.5 Å². The highest BCUT2D eigenvalue weighted by molar-refractivity contribution is 6.10. The van der Waals surface area contributed by atoms with E-state index in [2.05, 4.69) is 128 Å². The number of nitrogens with zero attached hydrogens (tertiary/aromatic N) is 2. The molecule has 2 aliphatic rings. The first-order chi connectivity index (χ1) is 38.6. The highest BCUT2D eigenvalue weighted by Gasteiger charge is 2.28. The van der Waals surface area contributed by atoms with Crippen LogP contribution in [0.2, 0.25) is 0 Å². The summed E-state index contributed by atoms with van der Waals surface area (Å²) in [4.78, 5) is 58.5. The van der Waals surface area contributed by atoms with E-state index in [0.29, 0.717) is 57.6 Å². The van der Waals surface area contributed by atoms with E-state index in [1.54, 1.807) is 0 Å². The lowest BCUT2D eigenvalue weighted by molar-refractivity contribution is -0.106. The topological polar surface area (TPSA) is 115 Å². The van der Waals surface area contributed by atoms with Gasteiger partial charge in [0.2, 0.25) is 0 Å². The first-order valence-corrected chi connectivity index (χ1v) is 28.7. The quantitative estimate of drug-likeness (QED) is 0.124. The van der Waals surface area contributed by atoms with Crippen molar-refractivity contribution in [1.82, 2.24) is 9.13 Å². The highest BCUT2D eigenvalue weighted by atomic mass is 16.7. The number of benzene rings is 8. The van der Waals surface area contributed by atoms with Gasteiger partial charge in [0.1, 0.15) is 11.5 Å². The van der Waals surface area contributed by atoms with Gasteiger partial charge in [0, 0.05) is 12.8 Å². The van der Waals surface area contributed by atoms with Crippen LogP contribution in [0.25, 0.3) is 97.6 Å². The van der Waals surface area contributed by atoms with Crippen LogP contribution in [0.4, 0.5) is 0 Å². The summed E-state index contributed by atoms with van der Waals surface area (Å²) in [6.07, 6.45) is 5.14.